The maximum Gasteiger partial charge on any atom is 0.211 e. The fourth-order valence-electron chi connectivity index (χ4n) is 2.55. The molecule has 0 saturated carbocycles. The molecule has 4 nitrogen and oxygen atoms in total. The molecule has 1 saturated heterocycles. The van der Waals surface area contributed by atoms with Crippen LogP contribution < -0.4 is 5.32 Å². The van der Waals surface area contributed by atoms with Crippen LogP contribution in [0.4, 0.5) is 0 Å². The van der Waals surface area contributed by atoms with E-state index in [4.69, 9.17) is 11.6 Å². The monoisotopic (exact) mass is 316 g/mol. The number of halogens is 1. The van der Waals surface area contributed by atoms with Gasteiger partial charge in [0.25, 0.3) is 0 Å². The molecule has 2 rings (SSSR count). The summed E-state index contributed by atoms with van der Waals surface area (Å²) in [4.78, 5) is 0. The van der Waals surface area contributed by atoms with E-state index in [0.29, 0.717) is 19.0 Å². The molecule has 0 aliphatic carbocycles. The molecule has 1 heterocycles. The highest BCUT2D eigenvalue weighted by Crippen LogP contribution is 2.19. The van der Waals surface area contributed by atoms with Crippen molar-refractivity contribution in [3.63, 3.8) is 0 Å². The molecule has 1 aliphatic heterocycles. The van der Waals surface area contributed by atoms with E-state index in [0.717, 1.165) is 36.5 Å². The SMILES string of the molecule is CS(=O)(=O)N1CCCC(CNCc2ccccc2Cl)C1. The van der Waals surface area contributed by atoms with Gasteiger partial charge in [-0.05, 0) is 36.9 Å². The Morgan fingerprint density at radius 2 is 2.15 bits per heavy atom. The molecule has 1 N–H and O–H groups in total. The number of nitrogens with zero attached hydrogens (tertiary/aromatic N) is 1. The molecule has 1 fully saturated rings. The van der Waals surface area contributed by atoms with E-state index in [1.165, 1.54) is 6.26 Å². The lowest BCUT2D eigenvalue weighted by atomic mass is 9.99. The van der Waals surface area contributed by atoms with E-state index in [-0.39, 0.29) is 0 Å². The minimum Gasteiger partial charge on any atom is -0.312 e. The van der Waals surface area contributed by atoms with Crippen molar-refractivity contribution >= 4 is 21.6 Å². The van der Waals surface area contributed by atoms with E-state index in [1.54, 1.807) is 4.31 Å². The van der Waals surface area contributed by atoms with E-state index in [2.05, 4.69) is 5.32 Å². The van der Waals surface area contributed by atoms with E-state index < -0.39 is 10.0 Å². The lowest BCUT2D eigenvalue weighted by Gasteiger charge is -2.31. The van der Waals surface area contributed by atoms with Crippen LogP contribution in [-0.2, 0) is 16.6 Å². The van der Waals surface area contributed by atoms with Crippen molar-refractivity contribution in [3.8, 4) is 0 Å². The summed E-state index contributed by atoms with van der Waals surface area (Å²) < 4.78 is 24.7. The average Bonchev–Trinajstić information content (AvgIpc) is 2.40. The first-order chi connectivity index (χ1) is 9.47. The third kappa shape index (κ3) is 4.45. The summed E-state index contributed by atoms with van der Waals surface area (Å²) in [7, 11) is -3.06. The summed E-state index contributed by atoms with van der Waals surface area (Å²) in [6, 6.07) is 7.76. The minimum atomic E-state index is -3.06. The summed E-state index contributed by atoms with van der Waals surface area (Å²) in [6.07, 6.45) is 3.29. The fraction of sp³-hybridized carbons (Fsp3) is 0.571. The summed E-state index contributed by atoms with van der Waals surface area (Å²) in [5.41, 5.74) is 1.07. The first-order valence-electron chi connectivity index (χ1n) is 6.86. The Labute approximate surface area is 126 Å². The van der Waals surface area contributed by atoms with Crippen LogP contribution >= 0.6 is 11.6 Å². The molecule has 0 radical (unpaired) electrons. The largest absolute Gasteiger partial charge is 0.312 e. The number of piperidine rings is 1. The molecule has 0 spiro atoms. The third-order valence-corrected chi connectivity index (χ3v) is 5.30. The number of benzene rings is 1. The standard InChI is InChI=1S/C14H21ClN2O2S/c1-20(18,19)17-8-4-5-12(11-17)9-16-10-13-6-2-3-7-14(13)15/h2-3,6-7,12,16H,4-5,8-11H2,1H3. The minimum absolute atomic E-state index is 0.376. The Morgan fingerprint density at radius 1 is 1.40 bits per heavy atom. The van der Waals surface area contributed by atoms with Crippen LogP contribution in [-0.4, -0.2) is 38.6 Å². The van der Waals surface area contributed by atoms with Gasteiger partial charge in [0, 0.05) is 24.7 Å². The first-order valence-corrected chi connectivity index (χ1v) is 9.08. The maximum atomic E-state index is 11.6. The van der Waals surface area contributed by atoms with Gasteiger partial charge in [-0.15, -0.1) is 0 Å². The topological polar surface area (TPSA) is 49.4 Å². The van der Waals surface area contributed by atoms with Crippen LogP contribution in [0.1, 0.15) is 18.4 Å². The second kappa shape index (κ2) is 6.89. The van der Waals surface area contributed by atoms with Crippen molar-refractivity contribution in [2.75, 3.05) is 25.9 Å². The number of rotatable bonds is 5. The molecule has 0 bridgehead atoms. The van der Waals surface area contributed by atoms with Crippen molar-refractivity contribution < 1.29 is 8.42 Å². The van der Waals surface area contributed by atoms with Crippen LogP contribution in [0.3, 0.4) is 0 Å². The summed E-state index contributed by atoms with van der Waals surface area (Å²) in [6.45, 7) is 2.81. The average molecular weight is 317 g/mol. The van der Waals surface area contributed by atoms with E-state index >= 15 is 0 Å². The van der Waals surface area contributed by atoms with E-state index in [1.807, 2.05) is 24.3 Å². The predicted molar refractivity (Wildman–Crippen MR) is 82.3 cm³/mol. The molecule has 0 aromatic heterocycles. The molecule has 1 aromatic carbocycles. The van der Waals surface area contributed by atoms with Crippen molar-refractivity contribution in [1.29, 1.82) is 0 Å². The molecule has 112 valence electrons. The van der Waals surface area contributed by atoms with Crippen molar-refractivity contribution in [2.45, 2.75) is 19.4 Å². The van der Waals surface area contributed by atoms with Crippen LogP contribution in [0.5, 0.6) is 0 Å². The van der Waals surface area contributed by atoms with Crippen LogP contribution in [0.25, 0.3) is 0 Å². The quantitative estimate of drug-likeness (QED) is 0.905. The van der Waals surface area contributed by atoms with Gasteiger partial charge in [-0.2, -0.15) is 0 Å². The normalized spacial score (nSPS) is 21.0. The van der Waals surface area contributed by atoms with Gasteiger partial charge in [0.05, 0.1) is 6.26 Å². The van der Waals surface area contributed by atoms with Gasteiger partial charge in [0.2, 0.25) is 10.0 Å². The van der Waals surface area contributed by atoms with Gasteiger partial charge >= 0.3 is 0 Å². The van der Waals surface area contributed by atoms with Gasteiger partial charge < -0.3 is 5.32 Å². The van der Waals surface area contributed by atoms with Gasteiger partial charge in [-0.3, -0.25) is 0 Å². The Morgan fingerprint density at radius 3 is 2.85 bits per heavy atom. The lowest BCUT2D eigenvalue weighted by Crippen LogP contribution is -2.42. The number of sulfonamides is 1. The Bertz CT molecular complexity index is 548. The molecule has 1 aromatic rings. The van der Waals surface area contributed by atoms with Crippen LogP contribution in [0.15, 0.2) is 24.3 Å². The molecule has 1 atom stereocenters. The summed E-state index contributed by atoms with van der Waals surface area (Å²) in [5, 5.41) is 4.14. The molecule has 0 amide bonds. The van der Waals surface area contributed by atoms with Crippen molar-refractivity contribution in [1.82, 2.24) is 9.62 Å². The smallest absolute Gasteiger partial charge is 0.211 e. The highest BCUT2D eigenvalue weighted by Gasteiger charge is 2.25. The number of hydrogen-bond donors (Lipinski definition) is 1. The van der Waals surface area contributed by atoms with Crippen molar-refractivity contribution in [2.24, 2.45) is 5.92 Å². The second-order valence-electron chi connectivity index (χ2n) is 5.35. The molecular formula is C14H21ClN2O2S. The van der Waals surface area contributed by atoms with Crippen LogP contribution in [0.2, 0.25) is 5.02 Å². The number of hydrogen-bond acceptors (Lipinski definition) is 3. The highest BCUT2D eigenvalue weighted by atomic mass is 35.5. The molecule has 20 heavy (non-hydrogen) atoms. The summed E-state index contributed by atoms with van der Waals surface area (Å²) in [5.74, 6) is 0.376. The molecule has 1 unspecified atom stereocenters. The summed E-state index contributed by atoms with van der Waals surface area (Å²) >= 11 is 6.10. The lowest BCUT2D eigenvalue weighted by molar-refractivity contribution is 0.261. The van der Waals surface area contributed by atoms with Gasteiger partial charge in [-0.25, -0.2) is 12.7 Å². The van der Waals surface area contributed by atoms with Gasteiger partial charge in [0.15, 0.2) is 0 Å². The maximum absolute atomic E-state index is 11.6. The fourth-order valence-corrected chi connectivity index (χ4v) is 3.69. The number of nitrogens with one attached hydrogen (secondary N) is 1. The Hall–Kier alpha value is -0.620. The van der Waals surface area contributed by atoms with Crippen LogP contribution in [0, 0.1) is 5.92 Å². The zero-order valence-corrected chi connectivity index (χ0v) is 13.3. The zero-order valence-electron chi connectivity index (χ0n) is 11.7. The van der Waals surface area contributed by atoms with Gasteiger partial charge in [0.1, 0.15) is 0 Å². The first kappa shape index (κ1) is 15.8. The van der Waals surface area contributed by atoms with Gasteiger partial charge in [-0.1, -0.05) is 29.8 Å². The highest BCUT2D eigenvalue weighted by molar-refractivity contribution is 7.88. The predicted octanol–water partition coefficient (Wildman–Crippen LogP) is 2.10. The Kier molecular flexibility index (Phi) is 5.43. The second-order valence-corrected chi connectivity index (χ2v) is 7.74. The van der Waals surface area contributed by atoms with Crippen molar-refractivity contribution in [3.05, 3.63) is 34.9 Å². The zero-order chi connectivity index (χ0) is 14.6. The Balaban J connectivity index is 1.81. The molecule has 1 aliphatic rings. The molecule has 6 heteroatoms. The molecular weight excluding hydrogens is 296 g/mol. The van der Waals surface area contributed by atoms with E-state index in [9.17, 15) is 8.42 Å². The third-order valence-electron chi connectivity index (χ3n) is 3.66.